The van der Waals surface area contributed by atoms with Crippen molar-refractivity contribution < 1.29 is 38.1 Å². The topological polar surface area (TPSA) is 105 Å². The highest BCUT2D eigenvalue weighted by Crippen LogP contribution is 2.37. The van der Waals surface area contributed by atoms with E-state index in [1.807, 2.05) is 182 Å². The van der Waals surface area contributed by atoms with Crippen LogP contribution in [0.5, 0.6) is 23.0 Å². The molecule has 16 aromatic carbocycles. The number of hydrogen-bond acceptors (Lipinski definition) is 8. The zero-order valence-corrected chi connectivity index (χ0v) is 72.6. The molecule has 0 aliphatic carbocycles. The van der Waals surface area contributed by atoms with E-state index in [1.165, 1.54) is 49.0 Å². The number of rotatable bonds is 23. The van der Waals surface area contributed by atoms with Crippen molar-refractivity contribution in [2.45, 2.75) is 65.7 Å². The molecular weight excluding hydrogens is 1590 g/mol. The molecule has 0 amide bonds. The normalized spacial score (nSPS) is 10.3. The van der Waals surface area contributed by atoms with Gasteiger partial charge in [-0.1, -0.05) is 233 Å². The minimum atomic E-state index is -0.513. The van der Waals surface area contributed by atoms with Crippen LogP contribution >= 0.6 is 0 Å². The third-order valence-electron chi connectivity index (χ3n) is 18.4. The number of esters is 4. The van der Waals surface area contributed by atoms with Gasteiger partial charge in [0, 0.05) is 5.57 Å². The van der Waals surface area contributed by atoms with E-state index in [1.54, 1.807) is 61.5 Å². The van der Waals surface area contributed by atoms with Crippen LogP contribution in [-0.2, 0) is 48.4 Å². The number of fused-ring (bicyclic) bond motifs is 1. The first kappa shape index (κ1) is 92.9. The van der Waals surface area contributed by atoms with Gasteiger partial charge in [-0.15, -0.1) is 0 Å². The van der Waals surface area contributed by atoms with E-state index in [-0.39, 0.29) is 85.2 Å². The maximum Gasteiger partial charge on any atom is 0.344 e. The van der Waals surface area contributed by atoms with Crippen LogP contribution in [0.3, 0.4) is 0 Å². The van der Waals surface area contributed by atoms with Gasteiger partial charge in [0.15, 0.2) is 58.7 Å². The lowest BCUT2D eigenvalue weighted by Crippen LogP contribution is -2.10. The monoisotopic (exact) mass is 1680 g/mol. The fourth-order valence-corrected chi connectivity index (χ4v) is 20.9. The van der Waals surface area contributed by atoms with Gasteiger partial charge in [-0.2, -0.15) is 0 Å². The lowest BCUT2D eigenvalue weighted by atomic mass is 9.99. The molecule has 0 unspecified atom stereocenters. The van der Waals surface area contributed by atoms with E-state index in [0.717, 1.165) is 37.3 Å². The molecule has 0 aliphatic rings. The summed E-state index contributed by atoms with van der Waals surface area (Å²) >= 11 is 0. The van der Waals surface area contributed by atoms with Crippen LogP contribution in [0.1, 0.15) is 54.7 Å². The van der Waals surface area contributed by atoms with Crippen LogP contribution in [0.15, 0.2) is 515 Å². The summed E-state index contributed by atoms with van der Waals surface area (Å²) in [7, 11) is -0.799. The Kier molecular flexibility index (Phi) is 35.6. The van der Waals surface area contributed by atoms with Gasteiger partial charge in [-0.25, -0.2) is 19.2 Å². The zero-order chi connectivity index (χ0) is 82.5. The summed E-state index contributed by atoms with van der Waals surface area (Å²) in [5.41, 5.74) is 4.82. The fraction of sp³-hybridized carbons (Fsp3) is 0.00901. The van der Waals surface area contributed by atoms with Crippen LogP contribution < -0.4 is 18.9 Å². The number of ether oxygens (including phenoxy) is 4. The molecule has 8 nitrogen and oxygen atoms in total. The molecule has 0 atom stereocenters. The van der Waals surface area contributed by atoms with Crippen LogP contribution in [0.4, 0.5) is 0 Å². The first-order chi connectivity index (χ1) is 58.4. The van der Waals surface area contributed by atoms with Crippen LogP contribution in [-0.4, -0.2) is 23.9 Å². The van der Waals surface area contributed by atoms with E-state index in [4.69, 9.17) is 18.9 Å². The van der Waals surface area contributed by atoms with Crippen LogP contribution in [0.25, 0.3) is 29.0 Å². The average molecular weight is 1690 g/mol. The molecule has 0 heterocycles. The summed E-state index contributed by atoms with van der Waals surface area (Å²) < 4.78 is 22.0. The predicted molar refractivity (Wildman–Crippen MR) is 514 cm³/mol. The van der Waals surface area contributed by atoms with Crippen molar-refractivity contribution in [1.29, 1.82) is 0 Å². The Balaban J connectivity index is 0.000000186. The molecule has 16 aromatic rings. The van der Waals surface area contributed by atoms with E-state index >= 15 is 0 Å². The maximum absolute atomic E-state index is 13.0. The quantitative estimate of drug-likeness (QED) is 0.0205. The molecule has 0 N–H and O–H groups in total. The second-order valence-corrected chi connectivity index (χ2v) is 34.7. The summed E-state index contributed by atoms with van der Waals surface area (Å²) in [6.07, 6.45) is 5.42. The van der Waals surface area contributed by atoms with Crippen molar-refractivity contribution in [1.82, 2.24) is 0 Å². The summed E-state index contributed by atoms with van der Waals surface area (Å²) in [5, 5.41) is 1.84. The van der Waals surface area contributed by atoms with Crippen molar-refractivity contribution in [3.8, 4) is 23.0 Å². The van der Waals surface area contributed by atoms with E-state index in [9.17, 15) is 19.2 Å². The van der Waals surface area contributed by atoms with Gasteiger partial charge in [0.1, 0.15) is 23.0 Å². The molecule has 0 aliphatic heterocycles. The van der Waals surface area contributed by atoms with Crippen molar-refractivity contribution in [3.05, 3.63) is 520 Å². The average Bonchev–Trinajstić information content (AvgIpc) is 0.747. The SMILES string of the molecule is C=C(C)C(=O)Oc1ccc(C(=O)Oc2ccc([S+](c3ccccc3)c3ccccc3)cc2)cc1.C=Cc1ccc(C(=O)Oc2ccc([S+](c3ccccc3)c3ccccc3)cc2)c2ccccc12.C=Cc1ccc(C(=O)Oc2ccc([S+](c3ccccc3)c3ccccc3)cc2)cc1.C=Cc1ccc([S+](c2ccccc2)c2ccccc2)cc1.[CH3-].[CH3-].[CH3-].[CH3-]. The number of hydrogen-bond donors (Lipinski definition) is 0. The summed E-state index contributed by atoms with van der Waals surface area (Å²) in [6, 6.07) is 141. The summed E-state index contributed by atoms with van der Waals surface area (Å²) in [4.78, 5) is 64.5. The van der Waals surface area contributed by atoms with Crippen LogP contribution in [0.2, 0.25) is 0 Å². The molecule has 0 radical (unpaired) electrons. The number of carbonyl (C=O) groups excluding carboxylic acids is 4. The Morgan fingerprint density at radius 1 is 0.236 bits per heavy atom. The summed E-state index contributed by atoms with van der Waals surface area (Å²) in [6.45, 7) is 16.5. The van der Waals surface area contributed by atoms with Crippen molar-refractivity contribution in [2.24, 2.45) is 0 Å². The molecule has 612 valence electrons. The lowest BCUT2D eigenvalue weighted by molar-refractivity contribution is -0.130. The first-order valence-electron chi connectivity index (χ1n) is 38.3. The highest BCUT2D eigenvalue weighted by Gasteiger charge is 2.33. The molecule has 0 saturated carbocycles. The Bertz CT molecular complexity index is 5880. The Hall–Kier alpha value is -14.0. The van der Waals surface area contributed by atoms with E-state index in [2.05, 4.69) is 233 Å². The van der Waals surface area contributed by atoms with Gasteiger partial charge < -0.3 is 48.7 Å². The van der Waals surface area contributed by atoms with Crippen molar-refractivity contribution in [3.63, 3.8) is 0 Å². The molecule has 12 heteroatoms. The molecule has 0 aromatic heterocycles. The molecule has 0 saturated heterocycles. The predicted octanol–water partition coefficient (Wildman–Crippen LogP) is 28.2. The Labute approximate surface area is 737 Å². The molecule has 123 heavy (non-hydrogen) atoms. The molecule has 16 rings (SSSR count). The van der Waals surface area contributed by atoms with Gasteiger partial charge in [0.2, 0.25) is 0 Å². The highest BCUT2D eigenvalue weighted by atomic mass is 32.2. The van der Waals surface area contributed by atoms with Gasteiger partial charge in [-0.05, 0) is 271 Å². The number of carbonyl (C=O) groups is 4. The highest BCUT2D eigenvalue weighted by molar-refractivity contribution is 7.98. The molecular formula is C111H96O8S4. The van der Waals surface area contributed by atoms with Crippen molar-refractivity contribution >= 4 is 96.5 Å². The van der Waals surface area contributed by atoms with Gasteiger partial charge in [0.05, 0.1) is 60.3 Å². The molecule has 0 fully saturated rings. The first-order valence-corrected chi connectivity index (χ1v) is 43.2. The fourth-order valence-electron chi connectivity index (χ4n) is 12.5. The Morgan fingerprint density at radius 2 is 0.455 bits per heavy atom. The van der Waals surface area contributed by atoms with Crippen LogP contribution in [0, 0.1) is 29.7 Å². The van der Waals surface area contributed by atoms with E-state index < -0.39 is 11.9 Å². The third-order valence-corrected chi connectivity index (χ3v) is 27.3. The van der Waals surface area contributed by atoms with E-state index in [0.29, 0.717) is 45.3 Å². The summed E-state index contributed by atoms with van der Waals surface area (Å²) in [5.74, 6) is 0.0970. The second-order valence-electron chi connectivity index (χ2n) is 26.6. The second kappa shape index (κ2) is 47.1. The third kappa shape index (κ3) is 25.1. The maximum atomic E-state index is 13.0. The zero-order valence-electron chi connectivity index (χ0n) is 69.4. The van der Waals surface area contributed by atoms with Crippen molar-refractivity contribution in [2.75, 3.05) is 0 Å². The molecule has 0 bridgehead atoms. The molecule has 0 spiro atoms. The lowest BCUT2D eigenvalue weighted by Gasteiger charge is -2.10. The van der Waals surface area contributed by atoms with Gasteiger partial charge in [-0.3, -0.25) is 0 Å². The minimum absolute atomic E-state index is 0. The minimum Gasteiger partial charge on any atom is -0.423 e. The number of benzene rings is 16. The Morgan fingerprint density at radius 3 is 0.724 bits per heavy atom. The smallest absolute Gasteiger partial charge is 0.344 e. The standard InChI is InChI=1S/C31H23O2S.C29H23O4S.C27H21O2S.C20H17S.4CH3/c1-2-23-17-22-30(29-16-10-9-15-28(23)29)31(32)33-24-18-20-27(21-19-24)34(25-11-5-3-6-12-25)26-13-7-4-8-14-26;1-21(2)28(30)32-23-15-13-22(14-16-23)29(31)33-24-17-19-27(20-18-24)34(25-9-5-3-6-10-25)26-11-7-4-8-12-26;1-2-21-13-15-22(16-14-21)27(28)29-23-17-19-26(20-18-23)30(24-9-5-3-6-10-24)25-11-7-4-8-12-25;1-2-17-13-15-20(16-14-17)21(18-9-5-3-6-10-18)19-11-7-4-8-12-19;;;;/h2-22H,1H2;3-20H,1H2,2H3;2-20H,1H2;2-16H,1H2;4*1H3/q4*+1;4*-1. The van der Waals surface area contributed by atoms with Gasteiger partial charge in [0.25, 0.3) is 0 Å². The largest absolute Gasteiger partial charge is 0.423 e. The van der Waals surface area contributed by atoms with Gasteiger partial charge >= 0.3 is 23.9 Å².